The van der Waals surface area contributed by atoms with Gasteiger partial charge in [0.15, 0.2) is 0 Å². The van der Waals surface area contributed by atoms with Gasteiger partial charge in [-0.25, -0.2) is 9.68 Å². The van der Waals surface area contributed by atoms with Gasteiger partial charge in [-0.15, -0.1) is 11.3 Å². The predicted octanol–water partition coefficient (Wildman–Crippen LogP) is 3.89. The van der Waals surface area contributed by atoms with Gasteiger partial charge in [-0.2, -0.15) is 0 Å². The number of piperidine rings is 3. The summed E-state index contributed by atoms with van der Waals surface area (Å²) in [4.78, 5) is 19.1. The van der Waals surface area contributed by atoms with Gasteiger partial charge in [0.1, 0.15) is 11.6 Å². The topological polar surface area (TPSA) is 82.0 Å². The molecule has 1 atom stereocenters. The van der Waals surface area contributed by atoms with Crippen LogP contribution < -0.4 is 5.32 Å². The van der Waals surface area contributed by atoms with Crippen LogP contribution in [0.25, 0.3) is 10.4 Å². The first-order chi connectivity index (χ1) is 14.6. The summed E-state index contributed by atoms with van der Waals surface area (Å²) in [6, 6.07) is 15.4. The molecule has 2 aromatic rings. The summed E-state index contributed by atoms with van der Waals surface area (Å²) in [6.45, 7) is 3.60. The molecule has 160 valence electrons. The highest BCUT2D eigenvalue weighted by Crippen LogP contribution is 2.30. The van der Waals surface area contributed by atoms with Crippen molar-refractivity contribution in [2.24, 2.45) is 5.92 Å². The molecule has 3 N–H and O–H groups in total. The Balaban J connectivity index is 0.000000275. The van der Waals surface area contributed by atoms with Gasteiger partial charge in [0.05, 0.1) is 4.88 Å². The molecule has 6 nitrogen and oxygen atoms in total. The lowest BCUT2D eigenvalue weighted by Crippen LogP contribution is -2.57. The molecule has 8 heteroatoms. The van der Waals surface area contributed by atoms with Crippen molar-refractivity contribution in [1.29, 1.82) is 0 Å². The Bertz CT molecular complexity index is 861. The number of benzene rings is 1. The van der Waals surface area contributed by atoms with Crippen LogP contribution in [0.2, 0.25) is 0 Å². The first-order valence-corrected chi connectivity index (χ1v) is 11.1. The number of thiophene rings is 1. The number of nitrogens with one attached hydrogen (secondary N) is 1. The molecule has 4 heterocycles. The normalized spacial score (nSPS) is 22.4. The van der Waals surface area contributed by atoms with E-state index in [-0.39, 0.29) is 6.61 Å². The van der Waals surface area contributed by atoms with Crippen LogP contribution in [0.15, 0.2) is 54.6 Å². The van der Waals surface area contributed by atoms with Crippen LogP contribution in [0, 0.1) is 5.92 Å². The lowest BCUT2D eigenvalue weighted by Gasteiger charge is -2.45. The highest BCUT2D eigenvalue weighted by atomic mass is 32.1. The van der Waals surface area contributed by atoms with Crippen LogP contribution in [0.4, 0.5) is 0 Å². The second-order valence-electron chi connectivity index (χ2n) is 7.28. The highest BCUT2D eigenvalue weighted by Gasteiger charge is 2.34. The molecule has 0 radical (unpaired) electrons. The number of thiocarbonyl (C=S) groups is 1. The van der Waals surface area contributed by atoms with Gasteiger partial charge in [0.25, 0.3) is 0 Å². The highest BCUT2D eigenvalue weighted by molar-refractivity contribution is 7.81. The quantitative estimate of drug-likeness (QED) is 0.269. The fourth-order valence-electron chi connectivity index (χ4n) is 3.78. The Morgan fingerprint density at radius 3 is 2.57 bits per heavy atom. The molecule has 1 aromatic heterocycles. The summed E-state index contributed by atoms with van der Waals surface area (Å²) in [5.41, 5.74) is 1.27. The monoisotopic (exact) mass is 446 g/mol. The van der Waals surface area contributed by atoms with E-state index in [4.69, 9.17) is 22.6 Å². The van der Waals surface area contributed by atoms with Crippen molar-refractivity contribution >= 4 is 34.5 Å². The molecule has 3 aliphatic rings. The van der Waals surface area contributed by atoms with Crippen LogP contribution in [-0.2, 0) is 9.68 Å². The standard InChI is InChI=1S/C18H20N2S2.C4H6O4/c21-18(19-15-12-20-10-8-13(15)9-11-20)17-7-6-16(22-17)14-4-2-1-3-5-14;5-4(6)2-1-3-8-7/h1-7,13,15H,8-12H2,(H,19,21);1-2,7H,3H2,(H,5,6)/b;2-1+/t15-;/m0./s1. The molecule has 2 bridgehead atoms. The smallest absolute Gasteiger partial charge is 0.328 e. The second-order valence-corrected chi connectivity index (χ2v) is 8.78. The number of fused-ring (bicyclic) bond motifs is 3. The Morgan fingerprint density at radius 1 is 1.23 bits per heavy atom. The van der Waals surface area contributed by atoms with E-state index in [0.717, 1.165) is 23.5 Å². The lowest BCUT2D eigenvalue weighted by atomic mass is 9.84. The number of hydrogen-bond donors (Lipinski definition) is 3. The zero-order valence-corrected chi connectivity index (χ0v) is 18.2. The third-order valence-corrected chi connectivity index (χ3v) is 6.91. The minimum atomic E-state index is -1.05. The van der Waals surface area contributed by atoms with Crippen molar-refractivity contribution in [1.82, 2.24) is 10.2 Å². The summed E-state index contributed by atoms with van der Waals surface area (Å²) in [7, 11) is 0. The Morgan fingerprint density at radius 2 is 1.97 bits per heavy atom. The van der Waals surface area contributed by atoms with E-state index in [9.17, 15) is 4.79 Å². The summed E-state index contributed by atoms with van der Waals surface area (Å²) >= 11 is 7.45. The van der Waals surface area contributed by atoms with Crippen molar-refractivity contribution in [2.45, 2.75) is 18.9 Å². The zero-order chi connectivity index (χ0) is 21.3. The molecule has 0 saturated carbocycles. The maximum Gasteiger partial charge on any atom is 0.328 e. The number of nitrogens with zero attached hydrogens (tertiary/aromatic N) is 1. The van der Waals surface area contributed by atoms with Gasteiger partial charge in [-0.3, -0.25) is 5.26 Å². The number of rotatable bonds is 6. The van der Waals surface area contributed by atoms with E-state index in [1.807, 2.05) is 0 Å². The van der Waals surface area contributed by atoms with Gasteiger partial charge in [0.2, 0.25) is 0 Å². The number of carboxylic acid groups (broad SMARTS) is 1. The molecule has 0 amide bonds. The van der Waals surface area contributed by atoms with E-state index in [2.05, 4.69) is 57.6 Å². The SMILES string of the molecule is O=C(O)/C=C/COO.S=C(N[C@H]1CN2CCC1CC2)c1ccc(-c2ccccc2)s1. The average molecular weight is 447 g/mol. The number of carbonyl (C=O) groups is 1. The van der Waals surface area contributed by atoms with E-state index < -0.39 is 5.97 Å². The summed E-state index contributed by atoms with van der Waals surface area (Å²) in [5, 5.41) is 19.2. The van der Waals surface area contributed by atoms with Crippen LogP contribution >= 0.6 is 23.6 Å². The second kappa shape index (κ2) is 11.3. The van der Waals surface area contributed by atoms with E-state index in [1.54, 1.807) is 11.3 Å². The summed E-state index contributed by atoms with van der Waals surface area (Å²) < 4.78 is 0. The van der Waals surface area contributed by atoms with Crippen molar-refractivity contribution in [3.8, 4) is 10.4 Å². The first kappa shape index (κ1) is 22.6. The fourth-order valence-corrected chi connectivity index (χ4v) is 5.04. The van der Waals surface area contributed by atoms with Crippen LogP contribution in [-0.4, -0.2) is 58.5 Å². The molecular formula is C22H26N2O4S2. The maximum absolute atomic E-state index is 9.65. The third-order valence-electron chi connectivity index (χ3n) is 5.29. The number of aliphatic carboxylic acids is 1. The van der Waals surface area contributed by atoms with E-state index >= 15 is 0 Å². The molecule has 1 aromatic carbocycles. The minimum absolute atomic E-state index is 0.0910. The molecular weight excluding hydrogens is 420 g/mol. The van der Waals surface area contributed by atoms with Gasteiger partial charge in [-0.05, 0) is 55.6 Å². The van der Waals surface area contributed by atoms with Gasteiger partial charge < -0.3 is 15.3 Å². The molecule has 3 saturated heterocycles. The Labute approximate surface area is 185 Å². The van der Waals surface area contributed by atoms with Crippen molar-refractivity contribution in [2.75, 3.05) is 26.2 Å². The molecule has 30 heavy (non-hydrogen) atoms. The van der Waals surface area contributed by atoms with E-state index in [1.165, 1.54) is 47.3 Å². The zero-order valence-electron chi connectivity index (χ0n) is 16.6. The lowest BCUT2D eigenvalue weighted by molar-refractivity contribution is -0.231. The molecule has 0 aliphatic carbocycles. The van der Waals surface area contributed by atoms with Crippen molar-refractivity contribution in [3.63, 3.8) is 0 Å². The molecule has 3 fully saturated rings. The van der Waals surface area contributed by atoms with Crippen LogP contribution in [0.5, 0.6) is 0 Å². The minimum Gasteiger partial charge on any atom is -0.478 e. The summed E-state index contributed by atoms with van der Waals surface area (Å²) in [6.07, 6.45) is 4.71. The molecule has 5 rings (SSSR count). The Kier molecular flexibility index (Phi) is 8.53. The summed E-state index contributed by atoms with van der Waals surface area (Å²) in [5.74, 6) is -0.251. The van der Waals surface area contributed by atoms with E-state index in [0.29, 0.717) is 6.04 Å². The molecule has 0 unspecified atom stereocenters. The molecule has 0 spiro atoms. The third kappa shape index (κ3) is 6.45. The van der Waals surface area contributed by atoms with Gasteiger partial charge in [-0.1, -0.05) is 42.5 Å². The number of hydrogen-bond acceptors (Lipinski definition) is 6. The van der Waals surface area contributed by atoms with Gasteiger partial charge >= 0.3 is 5.97 Å². The van der Waals surface area contributed by atoms with Crippen LogP contribution in [0.1, 0.15) is 17.7 Å². The largest absolute Gasteiger partial charge is 0.478 e. The van der Waals surface area contributed by atoms with Gasteiger partial charge in [0, 0.05) is 23.5 Å². The Hall–Kier alpha value is -2.10. The van der Waals surface area contributed by atoms with Crippen molar-refractivity contribution in [3.05, 3.63) is 59.5 Å². The predicted molar refractivity (Wildman–Crippen MR) is 123 cm³/mol. The van der Waals surface area contributed by atoms with Crippen molar-refractivity contribution < 1.29 is 20.0 Å². The average Bonchev–Trinajstić information content (AvgIpc) is 3.26. The number of carboxylic acids is 1. The fraction of sp³-hybridized carbons (Fsp3) is 0.364. The van der Waals surface area contributed by atoms with Crippen LogP contribution in [0.3, 0.4) is 0 Å². The maximum atomic E-state index is 9.65. The molecule has 3 aliphatic heterocycles. The first-order valence-electron chi connectivity index (χ1n) is 9.91.